The van der Waals surface area contributed by atoms with Gasteiger partial charge in [0, 0.05) is 25.2 Å². The van der Waals surface area contributed by atoms with Crippen molar-refractivity contribution in [2.24, 2.45) is 7.05 Å². The highest BCUT2D eigenvalue weighted by Gasteiger charge is 2.20. The SMILES string of the molecule is COc1ccc(NC(=O)c2cc(-c3ccccc3)nc3c2c(C)nn3C)cc1NC(C)=O. The van der Waals surface area contributed by atoms with E-state index in [2.05, 4.69) is 15.7 Å². The number of aromatic nitrogens is 3. The average Bonchev–Trinajstić information content (AvgIpc) is 3.07. The first kappa shape index (κ1) is 21.0. The third-order valence-corrected chi connectivity index (χ3v) is 5.05. The number of nitrogens with one attached hydrogen (secondary N) is 2. The van der Waals surface area contributed by atoms with Crippen molar-refractivity contribution in [3.8, 4) is 17.0 Å². The third kappa shape index (κ3) is 4.02. The first-order valence-corrected chi connectivity index (χ1v) is 10.0. The Morgan fingerprint density at radius 2 is 1.78 bits per heavy atom. The van der Waals surface area contributed by atoms with Crippen molar-refractivity contribution < 1.29 is 14.3 Å². The maximum atomic E-state index is 13.4. The number of hydrogen-bond acceptors (Lipinski definition) is 5. The van der Waals surface area contributed by atoms with Crippen molar-refractivity contribution >= 4 is 34.2 Å². The summed E-state index contributed by atoms with van der Waals surface area (Å²) in [6.07, 6.45) is 0. The number of hydrogen-bond donors (Lipinski definition) is 2. The second kappa shape index (κ2) is 8.50. The van der Waals surface area contributed by atoms with Crippen LogP contribution in [0.1, 0.15) is 23.0 Å². The molecule has 0 spiro atoms. The molecule has 0 saturated heterocycles. The molecule has 32 heavy (non-hydrogen) atoms. The predicted molar refractivity (Wildman–Crippen MR) is 124 cm³/mol. The molecular formula is C24H23N5O3. The molecule has 2 aromatic heterocycles. The first-order valence-electron chi connectivity index (χ1n) is 10.0. The van der Waals surface area contributed by atoms with Crippen LogP contribution in [-0.2, 0) is 11.8 Å². The molecule has 0 bridgehead atoms. The van der Waals surface area contributed by atoms with Crippen LogP contribution in [0.3, 0.4) is 0 Å². The van der Waals surface area contributed by atoms with Gasteiger partial charge >= 0.3 is 0 Å². The van der Waals surface area contributed by atoms with Crippen molar-refractivity contribution in [2.75, 3.05) is 17.7 Å². The summed E-state index contributed by atoms with van der Waals surface area (Å²) in [7, 11) is 3.32. The van der Waals surface area contributed by atoms with Crippen LogP contribution in [0.25, 0.3) is 22.3 Å². The fourth-order valence-corrected chi connectivity index (χ4v) is 3.65. The maximum absolute atomic E-state index is 13.4. The molecule has 2 amide bonds. The molecule has 0 radical (unpaired) electrons. The molecule has 162 valence electrons. The molecule has 4 aromatic rings. The van der Waals surface area contributed by atoms with Crippen LogP contribution in [0.15, 0.2) is 54.6 Å². The minimum absolute atomic E-state index is 0.235. The van der Waals surface area contributed by atoms with Crippen LogP contribution in [0.2, 0.25) is 0 Å². The Kier molecular flexibility index (Phi) is 5.59. The Balaban J connectivity index is 1.78. The highest BCUT2D eigenvalue weighted by molar-refractivity contribution is 6.13. The smallest absolute Gasteiger partial charge is 0.256 e. The lowest BCUT2D eigenvalue weighted by Gasteiger charge is -2.13. The van der Waals surface area contributed by atoms with Crippen molar-refractivity contribution in [2.45, 2.75) is 13.8 Å². The van der Waals surface area contributed by atoms with E-state index in [1.54, 1.807) is 28.9 Å². The first-order chi connectivity index (χ1) is 15.4. The fraction of sp³-hybridized carbons (Fsp3) is 0.167. The third-order valence-electron chi connectivity index (χ3n) is 5.05. The maximum Gasteiger partial charge on any atom is 0.256 e. The number of rotatable bonds is 5. The van der Waals surface area contributed by atoms with Gasteiger partial charge in [-0.2, -0.15) is 5.10 Å². The van der Waals surface area contributed by atoms with Gasteiger partial charge in [0.25, 0.3) is 5.91 Å². The minimum Gasteiger partial charge on any atom is -0.495 e. The van der Waals surface area contributed by atoms with Gasteiger partial charge in [0.05, 0.1) is 35.1 Å². The largest absolute Gasteiger partial charge is 0.495 e. The van der Waals surface area contributed by atoms with Crippen LogP contribution >= 0.6 is 0 Å². The highest BCUT2D eigenvalue weighted by atomic mass is 16.5. The molecule has 0 aliphatic rings. The van der Waals surface area contributed by atoms with Gasteiger partial charge < -0.3 is 15.4 Å². The Morgan fingerprint density at radius 1 is 1.03 bits per heavy atom. The Labute approximate surface area is 185 Å². The monoisotopic (exact) mass is 429 g/mol. The molecule has 8 nitrogen and oxygen atoms in total. The molecule has 2 N–H and O–H groups in total. The predicted octanol–water partition coefficient (Wildman–Crippen LogP) is 4.16. The van der Waals surface area contributed by atoms with Crippen LogP contribution in [0, 0.1) is 6.92 Å². The number of ether oxygens (including phenoxy) is 1. The Morgan fingerprint density at radius 3 is 2.47 bits per heavy atom. The number of benzene rings is 2. The van der Waals surface area contributed by atoms with Crippen molar-refractivity contribution in [3.63, 3.8) is 0 Å². The van der Waals surface area contributed by atoms with E-state index in [1.165, 1.54) is 14.0 Å². The molecule has 0 atom stereocenters. The summed E-state index contributed by atoms with van der Waals surface area (Å²) in [5.41, 5.74) is 4.39. The summed E-state index contributed by atoms with van der Waals surface area (Å²) in [5, 5.41) is 10.8. The number of pyridine rings is 1. The van der Waals surface area contributed by atoms with Gasteiger partial charge in [-0.3, -0.25) is 14.3 Å². The number of anilines is 2. The summed E-state index contributed by atoms with van der Waals surface area (Å²) in [4.78, 5) is 29.6. The van der Waals surface area contributed by atoms with Gasteiger partial charge in [0.2, 0.25) is 5.91 Å². The molecule has 4 rings (SSSR count). The standard InChI is InChI=1S/C24H23N5O3/c1-14-22-18(13-19(16-8-6-5-7-9-16)27-23(22)29(3)28-14)24(31)26-17-10-11-21(32-4)20(12-17)25-15(2)30/h5-13H,1-4H3,(H,25,30)(H,26,31). The number of carbonyl (C=O) groups excluding carboxylic acids is 2. The molecule has 0 aliphatic heterocycles. The van der Waals surface area contributed by atoms with Gasteiger partial charge in [-0.15, -0.1) is 0 Å². The minimum atomic E-state index is -0.301. The number of carbonyl (C=O) groups is 2. The van der Waals surface area contributed by atoms with E-state index in [0.717, 1.165) is 5.56 Å². The van der Waals surface area contributed by atoms with Crippen molar-refractivity contribution in [1.29, 1.82) is 0 Å². The highest BCUT2D eigenvalue weighted by Crippen LogP contribution is 2.30. The number of amides is 2. The van der Waals surface area contributed by atoms with Gasteiger partial charge in [0.1, 0.15) is 5.75 Å². The number of nitrogens with zero attached hydrogens (tertiary/aromatic N) is 3. The van der Waals surface area contributed by atoms with E-state index in [1.807, 2.05) is 44.3 Å². The van der Waals surface area contributed by atoms with Crippen molar-refractivity contribution in [1.82, 2.24) is 14.8 Å². The molecule has 0 fully saturated rings. The van der Waals surface area contributed by atoms with Crippen LogP contribution in [0.5, 0.6) is 5.75 Å². The Hall–Kier alpha value is -4.20. The summed E-state index contributed by atoms with van der Waals surface area (Å²) in [6.45, 7) is 3.26. The Bertz CT molecular complexity index is 1330. The van der Waals surface area contributed by atoms with Crippen molar-refractivity contribution in [3.05, 3.63) is 65.9 Å². The molecular weight excluding hydrogens is 406 g/mol. The molecule has 2 aromatic carbocycles. The zero-order chi connectivity index (χ0) is 22.8. The molecule has 8 heteroatoms. The molecule has 0 saturated carbocycles. The van der Waals surface area contributed by atoms with E-state index in [9.17, 15) is 9.59 Å². The molecule has 2 heterocycles. The lowest BCUT2D eigenvalue weighted by atomic mass is 10.0. The van der Waals surface area contributed by atoms with E-state index < -0.39 is 0 Å². The zero-order valence-corrected chi connectivity index (χ0v) is 18.3. The second-order valence-corrected chi connectivity index (χ2v) is 7.38. The number of methoxy groups -OCH3 is 1. The van der Waals surface area contributed by atoms with E-state index in [-0.39, 0.29) is 11.8 Å². The summed E-state index contributed by atoms with van der Waals surface area (Å²) in [6, 6.07) is 16.5. The number of aryl methyl sites for hydroxylation is 2. The summed E-state index contributed by atoms with van der Waals surface area (Å²) < 4.78 is 6.96. The molecule has 0 unspecified atom stereocenters. The van der Waals surface area contributed by atoms with Gasteiger partial charge in [-0.1, -0.05) is 30.3 Å². The van der Waals surface area contributed by atoms with E-state index >= 15 is 0 Å². The van der Waals surface area contributed by atoms with Crippen LogP contribution < -0.4 is 15.4 Å². The van der Waals surface area contributed by atoms with Gasteiger partial charge in [0.15, 0.2) is 5.65 Å². The summed E-state index contributed by atoms with van der Waals surface area (Å²) >= 11 is 0. The van der Waals surface area contributed by atoms with Crippen LogP contribution in [-0.4, -0.2) is 33.7 Å². The van der Waals surface area contributed by atoms with Crippen LogP contribution in [0.4, 0.5) is 11.4 Å². The second-order valence-electron chi connectivity index (χ2n) is 7.38. The topological polar surface area (TPSA) is 98.1 Å². The summed E-state index contributed by atoms with van der Waals surface area (Å²) in [5.74, 6) is -0.0373. The average molecular weight is 429 g/mol. The molecule has 0 aliphatic carbocycles. The lowest BCUT2D eigenvalue weighted by Crippen LogP contribution is -2.14. The van der Waals surface area contributed by atoms with E-state index in [4.69, 9.17) is 9.72 Å². The fourth-order valence-electron chi connectivity index (χ4n) is 3.65. The normalized spacial score (nSPS) is 10.8. The van der Waals surface area contributed by atoms with Gasteiger partial charge in [-0.25, -0.2) is 4.98 Å². The van der Waals surface area contributed by atoms with E-state index in [0.29, 0.717) is 45.1 Å². The van der Waals surface area contributed by atoms with Gasteiger partial charge in [-0.05, 0) is 31.2 Å². The lowest BCUT2D eigenvalue weighted by molar-refractivity contribution is -0.114. The quantitative estimate of drug-likeness (QED) is 0.496. The number of fused-ring (bicyclic) bond motifs is 1. The zero-order valence-electron chi connectivity index (χ0n) is 18.3.